The van der Waals surface area contributed by atoms with Gasteiger partial charge < -0.3 is 10.2 Å². The molecule has 1 aromatic rings. The van der Waals surface area contributed by atoms with E-state index < -0.39 is 0 Å². The van der Waals surface area contributed by atoms with Gasteiger partial charge in [0.05, 0.1) is 0 Å². The molecule has 1 N–H and O–H groups in total. The van der Waals surface area contributed by atoms with Crippen molar-refractivity contribution < 1.29 is 0 Å². The minimum atomic E-state index is 0.767. The average Bonchev–Trinajstić information content (AvgIpc) is 2.47. The van der Waals surface area contributed by atoms with Gasteiger partial charge in [-0.3, -0.25) is 4.90 Å². The van der Waals surface area contributed by atoms with Crippen molar-refractivity contribution in [3.8, 4) is 0 Å². The topological polar surface area (TPSA) is 18.5 Å². The van der Waals surface area contributed by atoms with Crippen molar-refractivity contribution in [3.63, 3.8) is 0 Å². The summed E-state index contributed by atoms with van der Waals surface area (Å²) in [6.45, 7) is 7.72. The molecule has 3 heteroatoms. The fourth-order valence-electron chi connectivity index (χ4n) is 2.98. The van der Waals surface area contributed by atoms with Crippen molar-refractivity contribution >= 4 is 0 Å². The molecule has 20 heavy (non-hydrogen) atoms. The van der Waals surface area contributed by atoms with Crippen LogP contribution in [0.1, 0.15) is 30.9 Å². The van der Waals surface area contributed by atoms with Crippen LogP contribution in [-0.2, 0) is 13.1 Å². The molecule has 112 valence electrons. The highest BCUT2D eigenvalue weighted by atomic mass is 15.2. The number of hydrogen-bond acceptors (Lipinski definition) is 3. The van der Waals surface area contributed by atoms with Crippen LogP contribution in [-0.4, -0.2) is 49.6 Å². The van der Waals surface area contributed by atoms with Crippen LogP contribution < -0.4 is 5.32 Å². The van der Waals surface area contributed by atoms with Gasteiger partial charge in [-0.05, 0) is 57.7 Å². The summed E-state index contributed by atoms with van der Waals surface area (Å²) in [6.07, 6.45) is 2.59. The van der Waals surface area contributed by atoms with Crippen LogP contribution in [0.25, 0.3) is 0 Å². The van der Waals surface area contributed by atoms with E-state index in [0.29, 0.717) is 0 Å². The maximum atomic E-state index is 3.44. The predicted molar refractivity (Wildman–Crippen MR) is 85.8 cm³/mol. The molecule has 1 fully saturated rings. The molecular weight excluding hydrogens is 246 g/mol. The Kier molecular flexibility index (Phi) is 6.02. The van der Waals surface area contributed by atoms with Gasteiger partial charge in [0.2, 0.25) is 0 Å². The lowest BCUT2D eigenvalue weighted by atomic mass is 10.0. The van der Waals surface area contributed by atoms with Crippen molar-refractivity contribution in [1.82, 2.24) is 15.1 Å². The van der Waals surface area contributed by atoms with Crippen LogP contribution in [0.4, 0.5) is 0 Å². The van der Waals surface area contributed by atoms with Crippen LogP contribution in [0, 0.1) is 0 Å². The summed E-state index contributed by atoms with van der Waals surface area (Å²) in [5.74, 6) is 0. The Hall–Kier alpha value is -0.900. The Bertz CT molecular complexity index is 395. The molecule has 1 saturated heterocycles. The van der Waals surface area contributed by atoms with Gasteiger partial charge >= 0.3 is 0 Å². The molecular formula is C17H29N3. The number of rotatable bonds is 6. The number of piperidine rings is 1. The second-order valence-electron chi connectivity index (χ2n) is 6.02. The van der Waals surface area contributed by atoms with Crippen LogP contribution in [0.5, 0.6) is 0 Å². The highest BCUT2D eigenvalue weighted by Gasteiger charge is 2.20. The molecule has 0 unspecified atom stereocenters. The molecule has 2 rings (SSSR count). The summed E-state index contributed by atoms with van der Waals surface area (Å²) in [5.41, 5.74) is 2.93. The normalized spacial score (nSPS) is 17.8. The largest absolute Gasteiger partial charge is 0.313 e. The number of nitrogens with zero attached hydrogens (tertiary/aromatic N) is 2. The molecule has 0 amide bonds. The highest BCUT2D eigenvalue weighted by Crippen LogP contribution is 2.18. The smallest absolute Gasteiger partial charge is 0.0236 e. The molecule has 1 aliphatic heterocycles. The van der Waals surface area contributed by atoms with Crippen LogP contribution in [0.15, 0.2) is 24.3 Å². The zero-order valence-electron chi connectivity index (χ0n) is 13.2. The molecule has 3 nitrogen and oxygen atoms in total. The summed E-state index contributed by atoms with van der Waals surface area (Å²) in [5, 5.41) is 3.44. The Morgan fingerprint density at radius 3 is 2.40 bits per heavy atom. The van der Waals surface area contributed by atoms with Crippen LogP contribution in [0.2, 0.25) is 0 Å². The molecule has 0 atom stereocenters. The van der Waals surface area contributed by atoms with E-state index in [1.165, 1.54) is 37.1 Å². The standard InChI is InChI=1S/C17H29N3/c1-4-18-13-15-7-5-6-8-16(15)14-20-11-9-17(10-12-20)19(2)3/h5-8,17-18H,4,9-14H2,1-3H3. The Morgan fingerprint density at radius 1 is 1.15 bits per heavy atom. The fourth-order valence-corrected chi connectivity index (χ4v) is 2.98. The lowest BCUT2D eigenvalue weighted by Crippen LogP contribution is -2.41. The first-order chi connectivity index (χ1) is 9.70. The van der Waals surface area contributed by atoms with E-state index >= 15 is 0 Å². The molecule has 0 radical (unpaired) electrons. The summed E-state index contributed by atoms with van der Waals surface area (Å²) in [6, 6.07) is 9.62. The van der Waals surface area contributed by atoms with Crippen LogP contribution >= 0.6 is 0 Å². The molecule has 0 bridgehead atoms. The third-order valence-corrected chi connectivity index (χ3v) is 4.37. The van der Waals surface area contributed by atoms with E-state index in [2.05, 4.69) is 60.4 Å². The molecule has 0 aliphatic carbocycles. The second-order valence-corrected chi connectivity index (χ2v) is 6.02. The quantitative estimate of drug-likeness (QED) is 0.859. The monoisotopic (exact) mass is 275 g/mol. The van der Waals surface area contributed by atoms with Crippen molar-refractivity contribution in [2.75, 3.05) is 33.7 Å². The minimum Gasteiger partial charge on any atom is -0.313 e. The van der Waals surface area contributed by atoms with Gasteiger partial charge in [0.15, 0.2) is 0 Å². The van der Waals surface area contributed by atoms with E-state index in [0.717, 1.165) is 25.7 Å². The maximum absolute atomic E-state index is 3.44. The zero-order valence-corrected chi connectivity index (χ0v) is 13.2. The summed E-state index contributed by atoms with van der Waals surface area (Å²) >= 11 is 0. The highest BCUT2D eigenvalue weighted by molar-refractivity contribution is 5.27. The molecule has 1 aromatic carbocycles. The molecule has 0 spiro atoms. The number of likely N-dealkylation sites (tertiary alicyclic amines) is 1. The third kappa shape index (κ3) is 4.30. The van der Waals surface area contributed by atoms with Gasteiger partial charge in [0.1, 0.15) is 0 Å². The van der Waals surface area contributed by atoms with Gasteiger partial charge in [0, 0.05) is 19.1 Å². The Morgan fingerprint density at radius 2 is 1.80 bits per heavy atom. The zero-order chi connectivity index (χ0) is 14.4. The van der Waals surface area contributed by atoms with Crippen molar-refractivity contribution in [2.24, 2.45) is 0 Å². The number of benzene rings is 1. The Labute approximate surface area is 124 Å². The molecule has 0 aromatic heterocycles. The van der Waals surface area contributed by atoms with Crippen molar-refractivity contribution in [3.05, 3.63) is 35.4 Å². The van der Waals surface area contributed by atoms with Gasteiger partial charge in [-0.25, -0.2) is 0 Å². The SMILES string of the molecule is CCNCc1ccccc1CN1CCC(N(C)C)CC1. The van der Waals surface area contributed by atoms with Crippen molar-refractivity contribution in [1.29, 1.82) is 0 Å². The van der Waals surface area contributed by atoms with Crippen molar-refractivity contribution in [2.45, 2.75) is 38.9 Å². The van der Waals surface area contributed by atoms with Gasteiger partial charge in [-0.15, -0.1) is 0 Å². The van der Waals surface area contributed by atoms with E-state index in [1.54, 1.807) is 0 Å². The van der Waals surface area contributed by atoms with Gasteiger partial charge in [-0.2, -0.15) is 0 Å². The van der Waals surface area contributed by atoms with E-state index in [-0.39, 0.29) is 0 Å². The molecule has 1 heterocycles. The summed E-state index contributed by atoms with van der Waals surface area (Å²) in [4.78, 5) is 4.97. The number of nitrogens with one attached hydrogen (secondary N) is 1. The average molecular weight is 275 g/mol. The minimum absolute atomic E-state index is 0.767. The third-order valence-electron chi connectivity index (χ3n) is 4.37. The van der Waals surface area contributed by atoms with E-state index in [9.17, 15) is 0 Å². The first kappa shape index (κ1) is 15.5. The first-order valence-electron chi connectivity index (χ1n) is 7.87. The van der Waals surface area contributed by atoms with Gasteiger partial charge in [0.25, 0.3) is 0 Å². The first-order valence-corrected chi connectivity index (χ1v) is 7.87. The molecule has 0 saturated carbocycles. The summed E-state index contributed by atoms with van der Waals surface area (Å²) < 4.78 is 0. The van der Waals surface area contributed by atoms with E-state index in [4.69, 9.17) is 0 Å². The predicted octanol–water partition coefficient (Wildman–Crippen LogP) is 2.32. The molecule has 1 aliphatic rings. The maximum Gasteiger partial charge on any atom is 0.0236 e. The Balaban J connectivity index is 1.90. The van der Waals surface area contributed by atoms with Crippen LogP contribution in [0.3, 0.4) is 0 Å². The second kappa shape index (κ2) is 7.77. The fraction of sp³-hybridized carbons (Fsp3) is 0.647. The number of hydrogen-bond donors (Lipinski definition) is 1. The summed E-state index contributed by atoms with van der Waals surface area (Å²) in [7, 11) is 4.40. The van der Waals surface area contributed by atoms with E-state index in [1.807, 2.05) is 0 Å². The van der Waals surface area contributed by atoms with Gasteiger partial charge in [-0.1, -0.05) is 31.2 Å². The lowest BCUT2D eigenvalue weighted by molar-refractivity contribution is 0.139. The lowest BCUT2D eigenvalue weighted by Gasteiger charge is -2.35.